The van der Waals surface area contributed by atoms with Crippen molar-refractivity contribution in [1.29, 1.82) is 0 Å². The number of hydrogen-bond donors (Lipinski definition) is 1. The summed E-state index contributed by atoms with van der Waals surface area (Å²) >= 11 is 0. The van der Waals surface area contributed by atoms with Crippen LogP contribution in [-0.4, -0.2) is 34.9 Å². The molecule has 0 spiro atoms. The smallest absolute Gasteiger partial charge is 0.219 e. The largest absolute Gasteiger partial charge is 0.343 e. The Labute approximate surface area is 108 Å². The zero-order valence-corrected chi connectivity index (χ0v) is 11.1. The van der Waals surface area contributed by atoms with Gasteiger partial charge in [-0.05, 0) is 31.9 Å². The average Bonchev–Trinajstić information content (AvgIpc) is 2.40. The number of nitrogens with one attached hydrogen (secondary N) is 1. The lowest BCUT2D eigenvalue weighted by Gasteiger charge is -2.33. The Kier molecular flexibility index (Phi) is 4.31. The zero-order valence-electron chi connectivity index (χ0n) is 11.1. The molecule has 1 saturated heterocycles. The molecule has 1 aromatic rings. The van der Waals surface area contributed by atoms with Crippen molar-refractivity contribution in [2.24, 2.45) is 0 Å². The lowest BCUT2D eigenvalue weighted by Crippen LogP contribution is -2.44. The van der Waals surface area contributed by atoms with Gasteiger partial charge in [-0.2, -0.15) is 0 Å². The molecule has 1 atom stereocenters. The summed E-state index contributed by atoms with van der Waals surface area (Å²) in [6.45, 7) is 5.51. The third-order valence-corrected chi connectivity index (χ3v) is 3.56. The molecule has 1 aliphatic rings. The van der Waals surface area contributed by atoms with Crippen LogP contribution in [0.15, 0.2) is 24.4 Å². The van der Waals surface area contributed by atoms with Crippen LogP contribution < -0.4 is 5.32 Å². The van der Waals surface area contributed by atoms with Gasteiger partial charge in [-0.1, -0.05) is 6.07 Å². The minimum atomic E-state index is 0.186. The van der Waals surface area contributed by atoms with Crippen molar-refractivity contribution in [2.45, 2.75) is 38.8 Å². The monoisotopic (exact) mass is 247 g/mol. The summed E-state index contributed by atoms with van der Waals surface area (Å²) in [5.41, 5.74) is 1.08. The number of rotatable bonds is 3. The highest BCUT2D eigenvalue weighted by Gasteiger charge is 2.22. The fraction of sp³-hybridized carbons (Fsp3) is 0.571. The predicted molar refractivity (Wildman–Crippen MR) is 71.1 cm³/mol. The molecule has 4 nitrogen and oxygen atoms in total. The minimum absolute atomic E-state index is 0.186. The van der Waals surface area contributed by atoms with Gasteiger partial charge in [-0.25, -0.2) is 0 Å². The molecular formula is C14H21N3O. The van der Waals surface area contributed by atoms with Crippen molar-refractivity contribution >= 4 is 5.91 Å². The van der Waals surface area contributed by atoms with Crippen molar-refractivity contribution in [3.05, 3.63) is 30.1 Å². The van der Waals surface area contributed by atoms with E-state index < -0.39 is 0 Å². The molecule has 1 N–H and O–H groups in total. The summed E-state index contributed by atoms with van der Waals surface area (Å²) in [7, 11) is 0. The molecule has 1 amide bonds. The van der Waals surface area contributed by atoms with Crippen molar-refractivity contribution in [3.8, 4) is 0 Å². The van der Waals surface area contributed by atoms with Crippen molar-refractivity contribution < 1.29 is 4.79 Å². The first-order valence-corrected chi connectivity index (χ1v) is 6.59. The van der Waals surface area contributed by atoms with E-state index in [1.54, 1.807) is 6.92 Å². The van der Waals surface area contributed by atoms with Crippen molar-refractivity contribution in [3.63, 3.8) is 0 Å². The molecule has 1 fully saturated rings. The SMILES string of the molecule is CC(=O)N1CCC(NC(C)c2ccccn2)CC1. The van der Waals surface area contributed by atoms with Crippen LogP contribution in [0.2, 0.25) is 0 Å². The van der Waals surface area contributed by atoms with E-state index in [2.05, 4.69) is 17.2 Å². The lowest BCUT2D eigenvalue weighted by molar-refractivity contribution is -0.129. The van der Waals surface area contributed by atoms with Gasteiger partial charge >= 0.3 is 0 Å². The van der Waals surface area contributed by atoms with E-state index in [1.807, 2.05) is 29.3 Å². The molecule has 18 heavy (non-hydrogen) atoms. The van der Waals surface area contributed by atoms with E-state index in [9.17, 15) is 4.79 Å². The standard InChI is InChI=1S/C14H21N3O/c1-11(14-5-3-4-8-15-14)16-13-6-9-17(10-7-13)12(2)18/h3-5,8,11,13,16H,6-7,9-10H2,1-2H3. The Bertz CT molecular complexity index is 385. The van der Waals surface area contributed by atoms with E-state index in [4.69, 9.17) is 0 Å². The van der Waals surface area contributed by atoms with E-state index in [-0.39, 0.29) is 11.9 Å². The molecule has 1 unspecified atom stereocenters. The topological polar surface area (TPSA) is 45.2 Å². The molecule has 0 aliphatic carbocycles. The highest BCUT2D eigenvalue weighted by atomic mass is 16.2. The van der Waals surface area contributed by atoms with Crippen LogP contribution in [0.5, 0.6) is 0 Å². The molecule has 4 heteroatoms. The van der Waals surface area contributed by atoms with Gasteiger partial charge in [0.25, 0.3) is 0 Å². The molecule has 1 aliphatic heterocycles. The van der Waals surface area contributed by atoms with Crippen LogP contribution in [0, 0.1) is 0 Å². The summed E-state index contributed by atoms with van der Waals surface area (Å²) in [5, 5.41) is 3.59. The number of amides is 1. The van der Waals surface area contributed by atoms with Gasteiger partial charge in [0.1, 0.15) is 0 Å². The fourth-order valence-electron chi connectivity index (χ4n) is 2.43. The number of hydrogen-bond acceptors (Lipinski definition) is 3. The Morgan fingerprint density at radius 2 is 2.17 bits per heavy atom. The van der Waals surface area contributed by atoms with E-state index in [0.717, 1.165) is 31.6 Å². The van der Waals surface area contributed by atoms with Gasteiger partial charge in [-0.3, -0.25) is 9.78 Å². The van der Waals surface area contributed by atoms with E-state index >= 15 is 0 Å². The van der Waals surface area contributed by atoms with Crippen LogP contribution in [-0.2, 0) is 4.79 Å². The number of piperidine rings is 1. The molecule has 98 valence electrons. The maximum Gasteiger partial charge on any atom is 0.219 e. The molecule has 0 radical (unpaired) electrons. The zero-order chi connectivity index (χ0) is 13.0. The van der Waals surface area contributed by atoms with E-state index in [1.165, 1.54) is 0 Å². The highest BCUT2D eigenvalue weighted by Crippen LogP contribution is 2.15. The molecule has 0 aromatic carbocycles. The minimum Gasteiger partial charge on any atom is -0.343 e. The van der Waals surface area contributed by atoms with Gasteiger partial charge in [0, 0.05) is 38.3 Å². The number of aromatic nitrogens is 1. The van der Waals surface area contributed by atoms with Crippen LogP contribution in [0.3, 0.4) is 0 Å². The van der Waals surface area contributed by atoms with Crippen molar-refractivity contribution in [2.75, 3.05) is 13.1 Å². The number of likely N-dealkylation sites (tertiary alicyclic amines) is 1. The maximum atomic E-state index is 11.2. The number of nitrogens with zero attached hydrogens (tertiary/aromatic N) is 2. The summed E-state index contributed by atoms with van der Waals surface area (Å²) in [4.78, 5) is 17.5. The van der Waals surface area contributed by atoms with Crippen LogP contribution in [0.1, 0.15) is 38.4 Å². The van der Waals surface area contributed by atoms with Crippen LogP contribution >= 0.6 is 0 Å². The quantitative estimate of drug-likeness (QED) is 0.885. The Balaban J connectivity index is 1.83. The Morgan fingerprint density at radius 1 is 1.44 bits per heavy atom. The highest BCUT2D eigenvalue weighted by molar-refractivity contribution is 5.73. The molecule has 1 aromatic heterocycles. The Morgan fingerprint density at radius 3 is 2.72 bits per heavy atom. The number of pyridine rings is 1. The molecule has 2 rings (SSSR count). The maximum absolute atomic E-state index is 11.2. The molecule has 0 saturated carbocycles. The van der Waals surface area contributed by atoms with Crippen LogP contribution in [0.25, 0.3) is 0 Å². The predicted octanol–water partition coefficient (Wildman–Crippen LogP) is 1.74. The van der Waals surface area contributed by atoms with Gasteiger partial charge < -0.3 is 10.2 Å². The Hall–Kier alpha value is -1.42. The summed E-state index contributed by atoms with van der Waals surface area (Å²) in [6, 6.07) is 6.74. The first-order valence-electron chi connectivity index (χ1n) is 6.59. The molecule has 0 bridgehead atoms. The third kappa shape index (κ3) is 3.29. The van der Waals surface area contributed by atoms with Gasteiger partial charge in [0.2, 0.25) is 5.91 Å². The second-order valence-electron chi connectivity index (χ2n) is 4.92. The number of carbonyl (C=O) groups excluding carboxylic acids is 1. The van der Waals surface area contributed by atoms with Gasteiger partial charge in [0.15, 0.2) is 0 Å². The second-order valence-corrected chi connectivity index (χ2v) is 4.92. The lowest BCUT2D eigenvalue weighted by atomic mass is 10.0. The first-order chi connectivity index (χ1) is 8.66. The first kappa shape index (κ1) is 13.0. The molecule has 2 heterocycles. The van der Waals surface area contributed by atoms with E-state index in [0.29, 0.717) is 6.04 Å². The van der Waals surface area contributed by atoms with Gasteiger partial charge in [0.05, 0.1) is 5.69 Å². The second kappa shape index (κ2) is 5.96. The number of carbonyl (C=O) groups is 1. The van der Waals surface area contributed by atoms with Crippen molar-refractivity contribution in [1.82, 2.24) is 15.2 Å². The molecular weight excluding hydrogens is 226 g/mol. The summed E-state index contributed by atoms with van der Waals surface area (Å²) < 4.78 is 0. The summed E-state index contributed by atoms with van der Waals surface area (Å²) in [6.07, 6.45) is 3.87. The summed E-state index contributed by atoms with van der Waals surface area (Å²) in [5.74, 6) is 0.186. The van der Waals surface area contributed by atoms with Crippen LogP contribution in [0.4, 0.5) is 0 Å². The normalized spacial score (nSPS) is 18.7. The third-order valence-electron chi connectivity index (χ3n) is 3.56. The fourth-order valence-corrected chi connectivity index (χ4v) is 2.43. The average molecular weight is 247 g/mol. The van der Waals surface area contributed by atoms with Gasteiger partial charge in [-0.15, -0.1) is 0 Å².